The minimum absolute atomic E-state index is 0.113. The molecule has 0 aromatic carbocycles. The van der Waals surface area contributed by atoms with Crippen LogP contribution in [0.4, 0.5) is 4.79 Å². The quantitative estimate of drug-likeness (QED) is 0.855. The molecule has 0 aliphatic carbocycles. The van der Waals surface area contributed by atoms with Crippen molar-refractivity contribution >= 4 is 11.9 Å². The molecule has 1 aromatic rings. The van der Waals surface area contributed by atoms with Gasteiger partial charge >= 0.3 is 6.03 Å². The molecule has 0 radical (unpaired) electrons. The molecule has 0 unspecified atom stereocenters. The van der Waals surface area contributed by atoms with Crippen molar-refractivity contribution in [1.29, 1.82) is 0 Å². The van der Waals surface area contributed by atoms with E-state index in [1.165, 1.54) is 0 Å². The summed E-state index contributed by atoms with van der Waals surface area (Å²) >= 11 is 0. The number of rotatable bonds is 4. The van der Waals surface area contributed by atoms with Gasteiger partial charge in [0.25, 0.3) is 0 Å². The van der Waals surface area contributed by atoms with E-state index < -0.39 is 5.41 Å². The smallest absolute Gasteiger partial charge is 0.317 e. The van der Waals surface area contributed by atoms with Crippen LogP contribution in [-0.4, -0.2) is 52.9 Å². The lowest BCUT2D eigenvalue weighted by molar-refractivity contribution is -0.136. The summed E-state index contributed by atoms with van der Waals surface area (Å²) in [5.41, 5.74) is 0.538. The van der Waals surface area contributed by atoms with E-state index in [1.54, 1.807) is 23.4 Å². The van der Waals surface area contributed by atoms with Crippen LogP contribution in [-0.2, 0) is 11.3 Å². The van der Waals surface area contributed by atoms with Crippen LogP contribution in [0.2, 0.25) is 0 Å². The standard InChI is InChI=1S/C18H24N4O2/c1-3-8-21-9-6-18(16(21)23)13-22(12-14(18)2)17(24)20-11-15-5-4-7-19-10-15/h3-5,7,10,14H,1,6,8-9,11-13H2,2H3,(H,20,24)/t14-,18-/m1/s1. The molecule has 0 saturated carbocycles. The summed E-state index contributed by atoms with van der Waals surface area (Å²) in [5, 5.41) is 2.92. The maximum Gasteiger partial charge on any atom is 0.317 e. The molecule has 2 atom stereocenters. The summed E-state index contributed by atoms with van der Waals surface area (Å²) in [7, 11) is 0. The Bertz CT molecular complexity index is 633. The zero-order valence-corrected chi connectivity index (χ0v) is 14.1. The molecule has 2 fully saturated rings. The highest BCUT2D eigenvalue weighted by Crippen LogP contribution is 2.44. The van der Waals surface area contributed by atoms with Crippen molar-refractivity contribution in [3.05, 3.63) is 42.7 Å². The normalized spacial score (nSPS) is 26.2. The van der Waals surface area contributed by atoms with E-state index in [-0.39, 0.29) is 17.9 Å². The first-order valence-electron chi connectivity index (χ1n) is 8.39. The monoisotopic (exact) mass is 328 g/mol. The van der Waals surface area contributed by atoms with Crippen molar-refractivity contribution in [2.24, 2.45) is 11.3 Å². The van der Waals surface area contributed by atoms with Crippen molar-refractivity contribution in [2.75, 3.05) is 26.2 Å². The Hall–Kier alpha value is -2.37. The van der Waals surface area contributed by atoms with Gasteiger partial charge in [-0.05, 0) is 24.0 Å². The molecular formula is C18H24N4O2. The Morgan fingerprint density at radius 3 is 3.12 bits per heavy atom. The van der Waals surface area contributed by atoms with E-state index in [9.17, 15) is 9.59 Å². The molecule has 2 saturated heterocycles. The van der Waals surface area contributed by atoms with E-state index >= 15 is 0 Å². The van der Waals surface area contributed by atoms with Crippen LogP contribution >= 0.6 is 0 Å². The second kappa shape index (κ2) is 6.63. The van der Waals surface area contributed by atoms with E-state index in [4.69, 9.17) is 0 Å². The Morgan fingerprint density at radius 1 is 1.58 bits per heavy atom. The molecule has 3 heterocycles. The first-order chi connectivity index (χ1) is 11.6. The van der Waals surface area contributed by atoms with Gasteiger partial charge in [-0.15, -0.1) is 6.58 Å². The molecule has 6 nitrogen and oxygen atoms in total. The summed E-state index contributed by atoms with van der Waals surface area (Å²) in [6.07, 6.45) is 6.02. The van der Waals surface area contributed by atoms with Gasteiger partial charge in [0, 0.05) is 45.1 Å². The fourth-order valence-electron chi connectivity index (χ4n) is 3.80. The van der Waals surface area contributed by atoms with Crippen molar-refractivity contribution in [2.45, 2.75) is 19.9 Å². The van der Waals surface area contributed by atoms with Crippen molar-refractivity contribution in [1.82, 2.24) is 20.1 Å². The molecule has 1 N–H and O–H groups in total. The van der Waals surface area contributed by atoms with Crippen LogP contribution in [0.5, 0.6) is 0 Å². The lowest BCUT2D eigenvalue weighted by Crippen LogP contribution is -2.42. The van der Waals surface area contributed by atoms with E-state index in [2.05, 4.69) is 23.8 Å². The number of nitrogens with zero attached hydrogens (tertiary/aromatic N) is 3. The van der Waals surface area contributed by atoms with Gasteiger partial charge in [0.2, 0.25) is 5.91 Å². The van der Waals surface area contributed by atoms with E-state index in [0.29, 0.717) is 26.2 Å². The summed E-state index contributed by atoms with van der Waals surface area (Å²) in [6, 6.07) is 3.66. The fraction of sp³-hybridized carbons (Fsp3) is 0.500. The number of nitrogens with one attached hydrogen (secondary N) is 1. The SMILES string of the molecule is C=CCN1CC[C@]2(CN(C(=O)NCc3cccnc3)C[C@H]2C)C1=O. The van der Waals surface area contributed by atoms with Crippen LogP contribution in [0.3, 0.4) is 0 Å². The second-order valence-electron chi connectivity index (χ2n) is 6.75. The minimum atomic E-state index is -0.422. The third-order valence-electron chi connectivity index (χ3n) is 5.25. The first-order valence-corrected chi connectivity index (χ1v) is 8.39. The number of hydrogen-bond acceptors (Lipinski definition) is 3. The van der Waals surface area contributed by atoms with Crippen molar-refractivity contribution in [3.8, 4) is 0 Å². The van der Waals surface area contributed by atoms with Crippen LogP contribution < -0.4 is 5.32 Å². The molecule has 2 aliphatic rings. The van der Waals surface area contributed by atoms with Crippen LogP contribution in [0, 0.1) is 11.3 Å². The largest absolute Gasteiger partial charge is 0.338 e. The van der Waals surface area contributed by atoms with Gasteiger partial charge < -0.3 is 15.1 Å². The molecule has 24 heavy (non-hydrogen) atoms. The Balaban J connectivity index is 1.62. The van der Waals surface area contributed by atoms with Gasteiger partial charge in [-0.25, -0.2) is 4.79 Å². The summed E-state index contributed by atoms with van der Waals surface area (Å²) < 4.78 is 0. The molecule has 1 spiro atoms. The number of likely N-dealkylation sites (tertiary alicyclic amines) is 2. The maximum atomic E-state index is 12.8. The van der Waals surface area contributed by atoms with E-state index in [1.807, 2.05) is 17.0 Å². The predicted octanol–water partition coefficient (Wildman–Crippen LogP) is 1.65. The lowest BCUT2D eigenvalue weighted by Gasteiger charge is -2.26. The Kier molecular flexibility index (Phi) is 4.55. The Morgan fingerprint density at radius 2 is 2.42 bits per heavy atom. The van der Waals surface area contributed by atoms with Gasteiger partial charge in [0.05, 0.1) is 5.41 Å². The molecule has 6 heteroatoms. The molecule has 3 amide bonds. The molecule has 2 aliphatic heterocycles. The molecule has 0 bridgehead atoms. The number of amides is 3. The average Bonchev–Trinajstić information content (AvgIpc) is 3.10. The average molecular weight is 328 g/mol. The topological polar surface area (TPSA) is 65.5 Å². The number of hydrogen-bond donors (Lipinski definition) is 1. The predicted molar refractivity (Wildman–Crippen MR) is 91.0 cm³/mol. The number of pyridine rings is 1. The minimum Gasteiger partial charge on any atom is -0.338 e. The van der Waals surface area contributed by atoms with Crippen LogP contribution in [0.15, 0.2) is 37.2 Å². The summed E-state index contributed by atoms with van der Waals surface area (Å²) in [6.45, 7) is 8.69. The molecule has 1 aromatic heterocycles. The third-order valence-corrected chi connectivity index (χ3v) is 5.25. The van der Waals surface area contributed by atoms with Gasteiger partial charge in [-0.2, -0.15) is 0 Å². The van der Waals surface area contributed by atoms with Gasteiger partial charge in [-0.3, -0.25) is 9.78 Å². The molecule has 3 rings (SSSR count). The van der Waals surface area contributed by atoms with Crippen molar-refractivity contribution < 1.29 is 9.59 Å². The van der Waals surface area contributed by atoms with Crippen molar-refractivity contribution in [3.63, 3.8) is 0 Å². The molecule has 128 valence electrons. The zero-order valence-electron chi connectivity index (χ0n) is 14.1. The van der Waals surface area contributed by atoms with Gasteiger partial charge in [-0.1, -0.05) is 19.1 Å². The number of urea groups is 1. The third kappa shape index (κ3) is 2.88. The second-order valence-corrected chi connectivity index (χ2v) is 6.75. The lowest BCUT2D eigenvalue weighted by atomic mass is 9.78. The Labute approximate surface area is 142 Å². The van der Waals surface area contributed by atoms with Gasteiger partial charge in [0.15, 0.2) is 0 Å². The van der Waals surface area contributed by atoms with E-state index in [0.717, 1.165) is 18.5 Å². The van der Waals surface area contributed by atoms with Crippen LogP contribution in [0.25, 0.3) is 0 Å². The maximum absolute atomic E-state index is 12.8. The highest BCUT2D eigenvalue weighted by Gasteiger charge is 2.55. The van der Waals surface area contributed by atoms with Gasteiger partial charge in [0.1, 0.15) is 0 Å². The highest BCUT2D eigenvalue weighted by atomic mass is 16.2. The zero-order chi connectivity index (χ0) is 17.2. The highest BCUT2D eigenvalue weighted by molar-refractivity contribution is 5.87. The fourth-order valence-corrected chi connectivity index (χ4v) is 3.80. The summed E-state index contributed by atoms with van der Waals surface area (Å²) in [5.74, 6) is 0.335. The first kappa shape index (κ1) is 16.5. The number of carbonyl (C=O) groups is 2. The molecular weight excluding hydrogens is 304 g/mol. The van der Waals surface area contributed by atoms with Crippen LogP contribution in [0.1, 0.15) is 18.9 Å². The summed E-state index contributed by atoms with van der Waals surface area (Å²) in [4.78, 5) is 32.9. The number of carbonyl (C=O) groups excluding carboxylic acids is 2. The number of aromatic nitrogens is 1.